The lowest BCUT2D eigenvalue weighted by Gasteiger charge is -2.24. The maximum atomic E-state index is 11.4. The van der Waals surface area contributed by atoms with Gasteiger partial charge in [0.1, 0.15) is 12.3 Å². The standard InChI is InChI=1S/C13H22N2O4/c1-2-17-10-11-19-13(16)12(14)4-3-5-15-6-8-18-9-7-15/h3-5H,2,6-11,14H2,1H3/b5-3+,12-4-. The third-order valence-corrected chi connectivity index (χ3v) is 2.52. The fraction of sp³-hybridized carbons (Fsp3) is 0.615. The Kier molecular flexibility index (Phi) is 7.69. The van der Waals surface area contributed by atoms with Crippen LogP contribution >= 0.6 is 0 Å². The summed E-state index contributed by atoms with van der Waals surface area (Å²) in [5, 5.41) is 0. The molecule has 1 heterocycles. The molecular formula is C13H22N2O4. The number of hydrogen-bond acceptors (Lipinski definition) is 6. The minimum atomic E-state index is -0.522. The van der Waals surface area contributed by atoms with Crippen molar-refractivity contribution in [1.82, 2.24) is 4.90 Å². The third-order valence-electron chi connectivity index (χ3n) is 2.52. The molecule has 19 heavy (non-hydrogen) atoms. The number of rotatable bonds is 7. The van der Waals surface area contributed by atoms with Crippen LogP contribution in [-0.4, -0.2) is 57.0 Å². The van der Waals surface area contributed by atoms with Gasteiger partial charge in [-0.2, -0.15) is 0 Å². The van der Waals surface area contributed by atoms with Crippen LogP contribution in [0.5, 0.6) is 0 Å². The molecule has 6 heteroatoms. The summed E-state index contributed by atoms with van der Waals surface area (Å²) < 4.78 is 15.2. The first-order chi connectivity index (χ1) is 9.24. The van der Waals surface area contributed by atoms with E-state index in [1.165, 1.54) is 0 Å². The van der Waals surface area contributed by atoms with Crippen molar-refractivity contribution in [3.05, 3.63) is 24.0 Å². The van der Waals surface area contributed by atoms with Crippen molar-refractivity contribution in [3.8, 4) is 0 Å². The molecule has 108 valence electrons. The second-order valence-electron chi connectivity index (χ2n) is 3.94. The summed E-state index contributed by atoms with van der Waals surface area (Å²) >= 11 is 0. The molecule has 1 fully saturated rings. The van der Waals surface area contributed by atoms with Crippen LogP contribution in [-0.2, 0) is 19.0 Å². The van der Waals surface area contributed by atoms with Gasteiger partial charge in [0.15, 0.2) is 0 Å². The van der Waals surface area contributed by atoms with Crippen LogP contribution in [0.4, 0.5) is 0 Å². The van der Waals surface area contributed by atoms with Crippen molar-refractivity contribution >= 4 is 5.97 Å². The van der Waals surface area contributed by atoms with E-state index in [0.29, 0.717) is 13.2 Å². The maximum Gasteiger partial charge on any atom is 0.354 e. The first kappa shape index (κ1) is 15.5. The lowest BCUT2D eigenvalue weighted by atomic mass is 10.4. The van der Waals surface area contributed by atoms with Gasteiger partial charge in [-0.25, -0.2) is 4.79 Å². The second-order valence-corrected chi connectivity index (χ2v) is 3.94. The molecule has 1 saturated heterocycles. The van der Waals surface area contributed by atoms with Crippen LogP contribution in [0.2, 0.25) is 0 Å². The molecule has 0 aromatic rings. The van der Waals surface area contributed by atoms with Crippen LogP contribution in [0, 0.1) is 0 Å². The first-order valence-electron chi connectivity index (χ1n) is 6.44. The van der Waals surface area contributed by atoms with Crippen molar-refractivity contribution in [2.75, 3.05) is 46.1 Å². The van der Waals surface area contributed by atoms with E-state index in [0.717, 1.165) is 26.3 Å². The van der Waals surface area contributed by atoms with Gasteiger partial charge in [0.05, 0.1) is 19.8 Å². The summed E-state index contributed by atoms with van der Waals surface area (Å²) in [6.45, 7) is 6.24. The molecule has 0 bridgehead atoms. The summed E-state index contributed by atoms with van der Waals surface area (Å²) in [5.41, 5.74) is 5.68. The molecule has 1 rings (SSSR count). The Morgan fingerprint density at radius 3 is 2.79 bits per heavy atom. The molecule has 1 aliphatic heterocycles. The van der Waals surface area contributed by atoms with Gasteiger partial charge in [0.2, 0.25) is 0 Å². The van der Waals surface area contributed by atoms with Gasteiger partial charge in [0.25, 0.3) is 0 Å². The molecule has 0 aromatic carbocycles. The van der Waals surface area contributed by atoms with Gasteiger partial charge >= 0.3 is 5.97 Å². The zero-order valence-electron chi connectivity index (χ0n) is 11.3. The highest BCUT2D eigenvalue weighted by Crippen LogP contribution is 1.98. The lowest BCUT2D eigenvalue weighted by Crippen LogP contribution is -2.31. The van der Waals surface area contributed by atoms with Crippen molar-refractivity contribution in [2.24, 2.45) is 5.73 Å². The fourth-order valence-electron chi connectivity index (χ4n) is 1.48. The first-order valence-corrected chi connectivity index (χ1v) is 6.44. The average Bonchev–Trinajstić information content (AvgIpc) is 2.44. The Morgan fingerprint density at radius 2 is 2.11 bits per heavy atom. The number of allylic oxidation sites excluding steroid dienone is 2. The van der Waals surface area contributed by atoms with Crippen LogP contribution in [0.15, 0.2) is 24.0 Å². The number of morpholine rings is 1. The van der Waals surface area contributed by atoms with E-state index in [1.807, 2.05) is 13.1 Å². The summed E-state index contributed by atoms with van der Waals surface area (Å²) in [5.74, 6) is -0.522. The number of carbonyl (C=O) groups is 1. The number of nitrogens with zero attached hydrogens (tertiary/aromatic N) is 1. The van der Waals surface area contributed by atoms with Gasteiger partial charge in [-0.15, -0.1) is 0 Å². The molecule has 0 radical (unpaired) electrons. The number of nitrogens with two attached hydrogens (primary N) is 1. The predicted molar refractivity (Wildman–Crippen MR) is 71.3 cm³/mol. The summed E-state index contributed by atoms with van der Waals surface area (Å²) in [6, 6.07) is 0. The Labute approximate surface area is 113 Å². The van der Waals surface area contributed by atoms with Gasteiger partial charge in [-0.1, -0.05) is 0 Å². The van der Waals surface area contributed by atoms with Crippen LogP contribution < -0.4 is 5.73 Å². The maximum absolute atomic E-state index is 11.4. The molecule has 1 aliphatic rings. The van der Waals surface area contributed by atoms with Crippen molar-refractivity contribution in [3.63, 3.8) is 0 Å². The molecule has 0 aliphatic carbocycles. The highest BCUT2D eigenvalue weighted by molar-refractivity contribution is 5.87. The Hall–Kier alpha value is -1.53. The smallest absolute Gasteiger partial charge is 0.354 e. The van der Waals surface area contributed by atoms with Gasteiger partial charge in [-0.3, -0.25) is 0 Å². The van der Waals surface area contributed by atoms with E-state index in [9.17, 15) is 4.79 Å². The summed E-state index contributed by atoms with van der Waals surface area (Å²) in [4.78, 5) is 13.6. The van der Waals surface area contributed by atoms with Crippen LogP contribution in [0.1, 0.15) is 6.92 Å². The largest absolute Gasteiger partial charge is 0.459 e. The molecule has 6 nitrogen and oxygen atoms in total. The van der Waals surface area contributed by atoms with Crippen LogP contribution in [0.3, 0.4) is 0 Å². The third kappa shape index (κ3) is 6.83. The molecule has 0 aromatic heterocycles. The molecule has 0 amide bonds. The normalized spacial score (nSPS) is 16.9. The van der Waals surface area contributed by atoms with Crippen molar-refractivity contribution in [2.45, 2.75) is 6.92 Å². The number of ether oxygens (including phenoxy) is 3. The minimum absolute atomic E-state index is 0.0843. The van der Waals surface area contributed by atoms with Gasteiger partial charge < -0.3 is 24.8 Å². The van der Waals surface area contributed by atoms with Crippen molar-refractivity contribution in [1.29, 1.82) is 0 Å². The Balaban J connectivity index is 2.26. The molecule has 0 atom stereocenters. The van der Waals surface area contributed by atoms with Gasteiger partial charge in [-0.05, 0) is 25.3 Å². The zero-order valence-corrected chi connectivity index (χ0v) is 11.3. The van der Waals surface area contributed by atoms with E-state index in [2.05, 4.69) is 4.90 Å². The number of esters is 1. The van der Waals surface area contributed by atoms with E-state index in [4.69, 9.17) is 19.9 Å². The topological polar surface area (TPSA) is 74.0 Å². The van der Waals surface area contributed by atoms with E-state index in [-0.39, 0.29) is 12.3 Å². The second kappa shape index (κ2) is 9.41. The summed E-state index contributed by atoms with van der Waals surface area (Å²) in [6.07, 6.45) is 5.17. The zero-order chi connectivity index (χ0) is 13.9. The number of hydrogen-bond donors (Lipinski definition) is 1. The molecule has 0 saturated carbocycles. The van der Waals surface area contributed by atoms with Crippen molar-refractivity contribution < 1.29 is 19.0 Å². The fourth-order valence-corrected chi connectivity index (χ4v) is 1.48. The monoisotopic (exact) mass is 270 g/mol. The average molecular weight is 270 g/mol. The molecule has 0 unspecified atom stereocenters. The van der Waals surface area contributed by atoms with E-state index in [1.54, 1.807) is 12.2 Å². The predicted octanol–water partition coefficient (Wildman–Crippen LogP) is 0.255. The number of carbonyl (C=O) groups excluding carboxylic acids is 1. The van der Waals surface area contributed by atoms with E-state index < -0.39 is 5.97 Å². The summed E-state index contributed by atoms with van der Waals surface area (Å²) in [7, 11) is 0. The Morgan fingerprint density at radius 1 is 1.37 bits per heavy atom. The quantitative estimate of drug-likeness (QED) is 0.309. The molecular weight excluding hydrogens is 248 g/mol. The minimum Gasteiger partial charge on any atom is -0.459 e. The Bertz CT molecular complexity index is 323. The SMILES string of the molecule is CCOCCOC(=O)/C(N)=C/C=C/N1CCOCC1. The lowest BCUT2D eigenvalue weighted by molar-refractivity contribution is -0.140. The van der Waals surface area contributed by atoms with E-state index >= 15 is 0 Å². The highest BCUT2D eigenvalue weighted by Gasteiger charge is 2.06. The molecule has 2 N–H and O–H groups in total. The van der Waals surface area contributed by atoms with Gasteiger partial charge in [0, 0.05) is 19.7 Å². The highest BCUT2D eigenvalue weighted by atomic mass is 16.6. The van der Waals surface area contributed by atoms with Crippen LogP contribution in [0.25, 0.3) is 0 Å². The molecule has 0 spiro atoms.